The second kappa shape index (κ2) is 5.73. The second-order valence-electron chi connectivity index (χ2n) is 3.81. The highest BCUT2D eigenvalue weighted by molar-refractivity contribution is 7.78. The zero-order valence-electron chi connectivity index (χ0n) is 9.91. The maximum Gasteiger partial charge on any atom is 0.277 e. The van der Waals surface area contributed by atoms with Crippen LogP contribution in [0.15, 0.2) is 15.9 Å². The number of hydrogen-bond acceptors (Lipinski definition) is 3. The third kappa shape index (κ3) is 2.65. The van der Waals surface area contributed by atoms with E-state index in [1.807, 2.05) is 13.8 Å². The molecule has 0 N–H and O–H groups in total. The Morgan fingerprint density at radius 2 is 2.19 bits per heavy atom. The molecular formula is C12H16N2OS. The first-order chi connectivity index (χ1) is 7.61. The van der Waals surface area contributed by atoms with Crippen LogP contribution in [-0.2, 0) is 6.54 Å². The van der Waals surface area contributed by atoms with E-state index in [1.54, 1.807) is 10.6 Å². The highest BCUT2D eigenvalue weighted by atomic mass is 32.1. The molecule has 1 aromatic heterocycles. The molecule has 0 unspecified atom stereocenters. The summed E-state index contributed by atoms with van der Waals surface area (Å²) in [6, 6.07) is 1.76. The number of rotatable bonds is 4. The number of nitrogens with zero attached hydrogens (tertiary/aromatic N) is 2. The summed E-state index contributed by atoms with van der Waals surface area (Å²) in [4.78, 5) is 15.8. The molecule has 86 valence electrons. The molecular weight excluding hydrogens is 220 g/mol. The highest BCUT2D eigenvalue weighted by Gasteiger charge is 2.08. The van der Waals surface area contributed by atoms with Crippen molar-refractivity contribution in [2.75, 3.05) is 0 Å². The molecule has 1 rings (SSSR count). The number of thiocarbonyl (C=S) groups is 1. The van der Waals surface area contributed by atoms with E-state index in [1.165, 1.54) is 0 Å². The normalized spacial score (nSPS) is 9.94. The summed E-state index contributed by atoms with van der Waals surface area (Å²) in [6.07, 6.45) is 2.05. The quantitative estimate of drug-likeness (QED) is 0.595. The Morgan fingerprint density at radius 3 is 2.75 bits per heavy atom. The van der Waals surface area contributed by atoms with Gasteiger partial charge in [-0.3, -0.25) is 4.79 Å². The van der Waals surface area contributed by atoms with Crippen molar-refractivity contribution in [2.45, 2.75) is 40.2 Å². The number of aromatic nitrogens is 1. The lowest BCUT2D eigenvalue weighted by atomic mass is 10.2. The molecule has 1 heterocycles. The van der Waals surface area contributed by atoms with E-state index in [4.69, 9.17) is 0 Å². The van der Waals surface area contributed by atoms with Crippen molar-refractivity contribution < 1.29 is 0 Å². The summed E-state index contributed by atoms with van der Waals surface area (Å²) >= 11 is 4.54. The van der Waals surface area contributed by atoms with Crippen molar-refractivity contribution in [3.63, 3.8) is 0 Å². The van der Waals surface area contributed by atoms with Crippen LogP contribution in [0.2, 0.25) is 0 Å². The highest BCUT2D eigenvalue weighted by Crippen LogP contribution is 2.12. The molecule has 0 aromatic carbocycles. The van der Waals surface area contributed by atoms with Crippen LogP contribution in [0.5, 0.6) is 0 Å². The summed E-state index contributed by atoms with van der Waals surface area (Å²) < 4.78 is 1.77. The zero-order chi connectivity index (χ0) is 12.1. The summed E-state index contributed by atoms with van der Waals surface area (Å²) in [6.45, 7) is 6.77. The van der Waals surface area contributed by atoms with Crippen molar-refractivity contribution in [2.24, 2.45) is 4.99 Å². The Bertz CT molecular complexity index is 485. The third-order valence-corrected chi connectivity index (χ3v) is 2.79. The van der Waals surface area contributed by atoms with Gasteiger partial charge in [0.2, 0.25) is 0 Å². The molecule has 0 amide bonds. The minimum absolute atomic E-state index is 0.0751. The average Bonchev–Trinajstić information content (AvgIpc) is 2.26. The van der Waals surface area contributed by atoms with Crippen molar-refractivity contribution >= 4 is 23.1 Å². The van der Waals surface area contributed by atoms with Crippen LogP contribution in [0.25, 0.3) is 0 Å². The number of isothiocyanates is 1. The molecule has 0 aliphatic heterocycles. The molecule has 0 radical (unpaired) electrons. The third-order valence-electron chi connectivity index (χ3n) is 2.69. The Labute approximate surface area is 101 Å². The first kappa shape index (κ1) is 12.8. The average molecular weight is 236 g/mol. The van der Waals surface area contributed by atoms with Gasteiger partial charge in [0.15, 0.2) is 0 Å². The predicted octanol–water partition coefficient (Wildman–Crippen LogP) is 3.00. The topological polar surface area (TPSA) is 34.4 Å². The number of aryl methyl sites for hydroxylation is 1. The van der Waals surface area contributed by atoms with Crippen LogP contribution in [0, 0.1) is 13.8 Å². The summed E-state index contributed by atoms with van der Waals surface area (Å²) in [7, 11) is 0. The number of aliphatic imine (C=N–C) groups is 1. The Morgan fingerprint density at radius 1 is 1.50 bits per heavy atom. The van der Waals surface area contributed by atoms with E-state index in [9.17, 15) is 4.79 Å². The first-order valence-electron chi connectivity index (χ1n) is 5.40. The Kier molecular flexibility index (Phi) is 4.59. The molecule has 1 aromatic rings. The lowest BCUT2D eigenvalue weighted by Gasteiger charge is -2.12. The molecule has 0 aliphatic rings. The molecule has 0 bridgehead atoms. The maximum atomic E-state index is 12.0. The van der Waals surface area contributed by atoms with Gasteiger partial charge in [0, 0.05) is 12.2 Å². The van der Waals surface area contributed by atoms with Gasteiger partial charge in [-0.05, 0) is 44.1 Å². The van der Waals surface area contributed by atoms with Gasteiger partial charge in [0.25, 0.3) is 5.56 Å². The van der Waals surface area contributed by atoms with E-state index in [-0.39, 0.29) is 5.56 Å². The molecule has 0 saturated heterocycles. The zero-order valence-corrected chi connectivity index (χ0v) is 10.7. The van der Waals surface area contributed by atoms with E-state index < -0.39 is 0 Å². The molecule has 0 saturated carbocycles. The van der Waals surface area contributed by atoms with Gasteiger partial charge in [-0.1, -0.05) is 13.3 Å². The fraction of sp³-hybridized carbons (Fsp3) is 0.500. The van der Waals surface area contributed by atoms with Crippen LogP contribution in [0.4, 0.5) is 5.69 Å². The van der Waals surface area contributed by atoms with Gasteiger partial charge in [-0.25, -0.2) is 0 Å². The molecule has 0 fully saturated rings. The van der Waals surface area contributed by atoms with Gasteiger partial charge in [-0.2, -0.15) is 4.99 Å². The molecule has 3 nitrogen and oxygen atoms in total. The summed E-state index contributed by atoms with van der Waals surface area (Å²) in [5, 5.41) is 2.25. The maximum absolute atomic E-state index is 12.0. The van der Waals surface area contributed by atoms with E-state index >= 15 is 0 Å². The SMILES string of the molecule is CCCCn1c(C)c(C)cc(N=C=S)c1=O. The molecule has 0 spiro atoms. The fourth-order valence-corrected chi connectivity index (χ4v) is 1.69. The monoisotopic (exact) mass is 236 g/mol. The van der Waals surface area contributed by atoms with Gasteiger partial charge < -0.3 is 4.57 Å². The van der Waals surface area contributed by atoms with Crippen LogP contribution in [-0.4, -0.2) is 9.73 Å². The minimum Gasteiger partial charge on any atom is -0.311 e. The molecule has 0 aliphatic carbocycles. The molecule has 4 heteroatoms. The first-order valence-corrected chi connectivity index (χ1v) is 5.81. The largest absolute Gasteiger partial charge is 0.311 e. The number of pyridine rings is 1. The van der Waals surface area contributed by atoms with Gasteiger partial charge in [-0.15, -0.1) is 0 Å². The lowest BCUT2D eigenvalue weighted by Crippen LogP contribution is -2.23. The van der Waals surface area contributed by atoms with Crippen molar-refractivity contribution in [1.82, 2.24) is 4.57 Å². The van der Waals surface area contributed by atoms with Crippen LogP contribution in [0.3, 0.4) is 0 Å². The molecule has 0 atom stereocenters. The standard InChI is InChI=1S/C12H16N2OS/c1-4-5-6-14-10(3)9(2)7-11(12(14)15)13-8-16/h7H,4-6H2,1-3H3. The fourth-order valence-electron chi connectivity index (χ4n) is 1.59. The molecule has 16 heavy (non-hydrogen) atoms. The minimum atomic E-state index is -0.0751. The lowest BCUT2D eigenvalue weighted by molar-refractivity contribution is 0.597. The van der Waals surface area contributed by atoms with E-state index in [0.29, 0.717) is 5.69 Å². The van der Waals surface area contributed by atoms with Crippen molar-refractivity contribution in [1.29, 1.82) is 0 Å². The predicted molar refractivity (Wildman–Crippen MR) is 69.8 cm³/mol. The number of unbranched alkanes of at least 4 members (excludes halogenated alkanes) is 1. The summed E-state index contributed by atoms with van der Waals surface area (Å²) in [5.74, 6) is 0. The van der Waals surface area contributed by atoms with Crippen LogP contribution in [0.1, 0.15) is 31.0 Å². The van der Waals surface area contributed by atoms with Gasteiger partial charge >= 0.3 is 0 Å². The van der Waals surface area contributed by atoms with E-state index in [2.05, 4.69) is 29.3 Å². The van der Waals surface area contributed by atoms with Crippen molar-refractivity contribution in [3.05, 3.63) is 27.7 Å². The van der Waals surface area contributed by atoms with Gasteiger partial charge in [0.1, 0.15) is 5.69 Å². The van der Waals surface area contributed by atoms with Crippen molar-refractivity contribution in [3.8, 4) is 0 Å². The van der Waals surface area contributed by atoms with Crippen LogP contribution < -0.4 is 5.56 Å². The second-order valence-corrected chi connectivity index (χ2v) is 3.99. The summed E-state index contributed by atoms with van der Waals surface area (Å²) in [5.41, 5.74) is 2.37. The Balaban J connectivity index is 3.33. The van der Waals surface area contributed by atoms with Crippen LogP contribution >= 0.6 is 12.2 Å². The Hall–Kier alpha value is -1.25. The van der Waals surface area contributed by atoms with E-state index in [0.717, 1.165) is 30.6 Å². The smallest absolute Gasteiger partial charge is 0.277 e. The van der Waals surface area contributed by atoms with Gasteiger partial charge in [0.05, 0.1) is 5.16 Å². The number of hydrogen-bond donors (Lipinski definition) is 0.